The number of hydrogen-bond donors (Lipinski definition) is 0. The Bertz CT molecular complexity index is 542. The Kier molecular flexibility index (Phi) is 23.7. The standard InChI is InChI=1S/C29H66O10Si3/c1-14-23(8)32-41(33-24(9)15-2,34-25(10)16-3)38-29(40-31-22-21-30-20-7)39-42(35-26(11)17-4,36-27(12)18-5)37-28(13)19-6/h23-29H,14-22,40H2,1-13H3. The largest absolute Gasteiger partial charge is 0.682 e. The zero-order valence-corrected chi connectivity index (χ0v) is 32.6. The maximum absolute atomic E-state index is 6.80. The van der Waals surface area contributed by atoms with Crippen molar-refractivity contribution in [1.82, 2.24) is 0 Å². The third-order valence-corrected chi connectivity index (χ3v) is 14.0. The van der Waals surface area contributed by atoms with Gasteiger partial charge in [-0.25, -0.2) is 0 Å². The molecule has 0 heterocycles. The minimum atomic E-state index is -3.78. The first-order valence-corrected chi connectivity index (χ1v) is 21.1. The van der Waals surface area contributed by atoms with Crippen LogP contribution in [0.25, 0.3) is 0 Å². The van der Waals surface area contributed by atoms with E-state index in [0.29, 0.717) is 19.8 Å². The summed E-state index contributed by atoms with van der Waals surface area (Å²) in [4.78, 5) is 0. The molecule has 254 valence electrons. The summed E-state index contributed by atoms with van der Waals surface area (Å²) in [6.45, 7) is 27.9. The summed E-state index contributed by atoms with van der Waals surface area (Å²) in [5.41, 5.74) is 0. The zero-order chi connectivity index (χ0) is 32.2. The second-order valence-corrected chi connectivity index (χ2v) is 16.3. The number of ether oxygens (including phenoxy) is 1. The number of rotatable bonds is 28. The summed E-state index contributed by atoms with van der Waals surface area (Å²) in [6, 6.07) is 0. The molecule has 6 unspecified atom stereocenters. The van der Waals surface area contributed by atoms with Gasteiger partial charge in [-0.05, 0) is 87.0 Å². The quantitative estimate of drug-likeness (QED) is 0.0550. The van der Waals surface area contributed by atoms with Gasteiger partial charge in [-0.3, -0.25) is 0 Å². The maximum Gasteiger partial charge on any atom is 0.682 e. The van der Waals surface area contributed by atoms with Crippen LogP contribution in [0.15, 0.2) is 0 Å². The third kappa shape index (κ3) is 17.7. The van der Waals surface area contributed by atoms with Crippen molar-refractivity contribution in [3.05, 3.63) is 0 Å². The minimum absolute atomic E-state index is 0.155. The molecular formula is C29H66O10Si3. The molecule has 0 aromatic rings. The van der Waals surface area contributed by atoms with Crippen molar-refractivity contribution in [2.75, 3.05) is 19.8 Å². The van der Waals surface area contributed by atoms with Crippen LogP contribution in [-0.2, 0) is 44.6 Å². The van der Waals surface area contributed by atoms with E-state index in [1.165, 1.54) is 0 Å². The molecule has 0 aromatic heterocycles. The second-order valence-electron chi connectivity index (χ2n) is 11.0. The predicted octanol–water partition coefficient (Wildman–Crippen LogP) is 6.20. The van der Waals surface area contributed by atoms with Gasteiger partial charge in [0.1, 0.15) is 0 Å². The molecule has 13 heteroatoms. The molecule has 0 saturated carbocycles. The lowest BCUT2D eigenvalue weighted by atomic mass is 10.3. The highest BCUT2D eigenvalue weighted by Gasteiger charge is 2.56. The molecule has 0 aromatic carbocycles. The molecule has 10 nitrogen and oxygen atoms in total. The van der Waals surface area contributed by atoms with E-state index < -0.39 is 33.8 Å². The molecule has 0 fully saturated rings. The summed E-state index contributed by atoms with van der Waals surface area (Å²) in [7, 11) is -9.09. The van der Waals surface area contributed by atoms with Crippen LogP contribution in [0.4, 0.5) is 0 Å². The fourth-order valence-electron chi connectivity index (χ4n) is 3.17. The average molecular weight is 659 g/mol. The third-order valence-electron chi connectivity index (χ3n) is 6.90. The van der Waals surface area contributed by atoms with Crippen LogP contribution in [0.3, 0.4) is 0 Å². The van der Waals surface area contributed by atoms with E-state index in [4.69, 9.17) is 44.6 Å². The van der Waals surface area contributed by atoms with Gasteiger partial charge in [-0.15, -0.1) is 0 Å². The smallest absolute Gasteiger partial charge is 0.416 e. The van der Waals surface area contributed by atoms with Gasteiger partial charge in [-0.1, -0.05) is 41.5 Å². The van der Waals surface area contributed by atoms with Gasteiger partial charge >= 0.3 is 18.1 Å². The Labute approximate surface area is 263 Å². The molecular weight excluding hydrogens is 593 g/mol. The Morgan fingerprint density at radius 3 is 0.952 bits per heavy atom. The molecule has 0 N–H and O–H groups in total. The Balaban J connectivity index is 6.79. The topological polar surface area (TPSA) is 92.3 Å². The molecule has 0 bridgehead atoms. The molecule has 0 aliphatic heterocycles. The van der Waals surface area contributed by atoms with E-state index in [9.17, 15) is 0 Å². The average Bonchev–Trinajstić information content (AvgIpc) is 2.96. The molecule has 42 heavy (non-hydrogen) atoms. The first-order valence-electron chi connectivity index (χ1n) is 16.4. The van der Waals surface area contributed by atoms with Crippen molar-refractivity contribution in [2.24, 2.45) is 0 Å². The molecule has 0 spiro atoms. The number of hydrogen-bond acceptors (Lipinski definition) is 10. The predicted molar refractivity (Wildman–Crippen MR) is 173 cm³/mol. The van der Waals surface area contributed by atoms with Crippen LogP contribution in [0.5, 0.6) is 0 Å². The zero-order valence-electron chi connectivity index (χ0n) is 29.2. The van der Waals surface area contributed by atoms with Crippen LogP contribution in [0.2, 0.25) is 0 Å². The van der Waals surface area contributed by atoms with E-state index in [1.807, 2.05) is 48.5 Å². The first-order chi connectivity index (χ1) is 19.9. The lowest BCUT2D eigenvalue weighted by Crippen LogP contribution is -2.61. The van der Waals surface area contributed by atoms with Crippen molar-refractivity contribution in [1.29, 1.82) is 0 Å². The van der Waals surface area contributed by atoms with Gasteiger partial charge in [0.05, 0.1) is 13.2 Å². The summed E-state index contributed by atoms with van der Waals surface area (Å²) >= 11 is 0. The molecule has 0 aliphatic carbocycles. The monoisotopic (exact) mass is 658 g/mol. The van der Waals surface area contributed by atoms with E-state index >= 15 is 0 Å². The highest BCUT2D eigenvalue weighted by Crippen LogP contribution is 2.28. The lowest BCUT2D eigenvalue weighted by Gasteiger charge is -2.40. The molecule has 0 amide bonds. The van der Waals surface area contributed by atoms with Gasteiger partial charge in [0.2, 0.25) is 9.76 Å². The van der Waals surface area contributed by atoms with Gasteiger partial charge in [-0.2, -0.15) is 0 Å². The van der Waals surface area contributed by atoms with E-state index in [2.05, 4.69) is 41.5 Å². The maximum atomic E-state index is 6.80. The molecule has 6 atom stereocenters. The summed E-state index contributed by atoms with van der Waals surface area (Å²) in [5.74, 6) is -0.876. The Hall–Kier alpha value is 0.251. The minimum Gasteiger partial charge on any atom is -0.416 e. The summed E-state index contributed by atoms with van der Waals surface area (Å²) < 4.78 is 64.6. The SMILES string of the molecule is CCOCCO[SiH2]C(O[Si](OC(C)CC)(OC(C)CC)OC(C)CC)O[Si](OC(C)CC)(OC(C)CC)OC(C)CC. The highest BCUT2D eigenvalue weighted by atomic mass is 28.4. The van der Waals surface area contributed by atoms with Crippen molar-refractivity contribution in [3.63, 3.8) is 0 Å². The van der Waals surface area contributed by atoms with Crippen molar-refractivity contribution in [3.8, 4) is 0 Å². The molecule has 0 aliphatic rings. The fourth-order valence-corrected chi connectivity index (χ4v) is 10.9. The second kappa shape index (κ2) is 23.6. The van der Waals surface area contributed by atoms with E-state index in [0.717, 1.165) is 38.5 Å². The van der Waals surface area contributed by atoms with Crippen LogP contribution >= 0.6 is 0 Å². The van der Waals surface area contributed by atoms with Crippen LogP contribution in [-0.4, -0.2) is 90.2 Å². The van der Waals surface area contributed by atoms with Crippen LogP contribution < -0.4 is 0 Å². The molecule has 0 rings (SSSR count). The molecule has 0 radical (unpaired) electrons. The summed E-state index contributed by atoms with van der Waals surface area (Å²) in [5, 5.41) is 0. The van der Waals surface area contributed by atoms with Crippen LogP contribution in [0.1, 0.15) is 129 Å². The molecule has 0 saturated heterocycles. The normalized spacial score (nSPS) is 20.5. The van der Waals surface area contributed by atoms with Crippen molar-refractivity contribution < 1.29 is 44.6 Å². The van der Waals surface area contributed by atoms with Crippen molar-refractivity contribution in [2.45, 2.75) is 171 Å². The summed E-state index contributed by atoms with van der Waals surface area (Å²) in [6.07, 6.45) is 3.67. The lowest BCUT2D eigenvalue weighted by molar-refractivity contribution is -0.159. The first kappa shape index (κ1) is 42.3. The van der Waals surface area contributed by atoms with E-state index in [-0.39, 0.29) is 36.6 Å². The van der Waals surface area contributed by atoms with Gasteiger partial charge in [0.15, 0.2) is 5.91 Å². The van der Waals surface area contributed by atoms with E-state index in [1.54, 1.807) is 0 Å². The van der Waals surface area contributed by atoms with Crippen molar-refractivity contribution >= 4 is 27.9 Å². The van der Waals surface area contributed by atoms with Gasteiger partial charge in [0.25, 0.3) is 0 Å². The highest BCUT2D eigenvalue weighted by molar-refractivity contribution is 6.56. The fraction of sp³-hybridized carbons (Fsp3) is 1.00. The Morgan fingerprint density at radius 1 is 0.429 bits per heavy atom. The Morgan fingerprint density at radius 2 is 0.714 bits per heavy atom. The van der Waals surface area contributed by atoms with Gasteiger partial charge in [0, 0.05) is 43.2 Å². The van der Waals surface area contributed by atoms with Gasteiger partial charge < -0.3 is 44.6 Å². The van der Waals surface area contributed by atoms with Crippen LogP contribution in [0, 0.1) is 0 Å².